The molecule has 0 saturated heterocycles. The van der Waals surface area contributed by atoms with Gasteiger partial charge in [-0.05, 0) is 6.42 Å². The minimum atomic E-state index is 0.704. The van der Waals surface area contributed by atoms with Gasteiger partial charge in [-0.3, -0.25) is 0 Å². The Bertz CT molecular complexity index is 202. The second kappa shape index (κ2) is 2.40. The zero-order valence-corrected chi connectivity index (χ0v) is 5.13. The Morgan fingerprint density at radius 2 is 2.44 bits per heavy atom. The van der Waals surface area contributed by atoms with Gasteiger partial charge in [-0.2, -0.15) is 0 Å². The van der Waals surface area contributed by atoms with E-state index in [9.17, 15) is 0 Å². The number of allylic oxidation sites excluding steroid dienone is 1. The quantitative estimate of drug-likeness (QED) is 0.606. The number of nitrogens with two attached hydrogens (primary N) is 1. The first kappa shape index (κ1) is 5.95. The maximum Gasteiger partial charge on any atom is 0.113 e. The molecule has 1 heterocycles. The summed E-state index contributed by atoms with van der Waals surface area (Å²) in [7, 11) is 0. The minimum absolute atomic E-state index is 0.704. The summed E-state index contributed by atoms with van der Waals surface area (Å²) in [5, 5.41) is 0. The van der Waals surface area contributed by atoms with Crippen LogP contribution >= 0.6 is 0 Å². The Morgan fingerprint density at radius 1 is 1.67 bits per heavy atom. The predicted molar refractivity (Wildman–Crippen MR) is 37.0 cm³/mol. The molecule has 48 valence electrons. The lowest BCUT2D eigenvalue weighted by Gasteiger charge is -1.87. The van der Waals surface area contributed by atoms with Crippen LogP contribution in [0, 0.1) is 0 Å². The van der Waals surface area contributed by atoms with E-state index >= 15 is 0 Å². The van der Waals surface area contributed by atoms with Crippen LogP contribution in [0.4, 0.5) is 5.69 Å². The highest BCUT2D eigenvalue weighted by atomic mass is 16.3. The molecule has 0 radical (unpaired) electrons. The van der Waals surface area contributed by atoms with Crippen molar-refractivity contribution >= 4 is 5.69 Å². The van der Waals surface area contributed by atoms with Gasteiger partial charge in [0.05, 0.1) is 12.0 Å². The van der Waals surface area contributed by atoms with Crippen LogP contribution in [0.15, 0.2) is 29.6 Å². The molecular weight excluding hydrogens is 114 g/mol. The summed E-state index contributed by atoms with van der Waals surface area (Å²) in [6.07, 6.45) is 5.74. The maximum absolute atomic E-state index is 5.49. The monoisotopic (exact) mass is 123 g/mol. The Morgan fingerprint density at radius 3 is 2.89 bits per heavy atom. The number of furan rings is 1. The number of hydrogen-bond acceptors (Lipinski definition) is 2. The van der Waals surface area contributed by atoms with Gasteiger partial charge in [0.25, 0.3) is 0 Å². The second-order valence-corrected chi connectivity index (χ2v) is 1.85. The normalized spacial score (nSPS) is 9.33. The van der Waals surface area contributed by atoms with E-state index in [1.54, 1.807) is 12.3 Å². The Labute approximate surface area is 54.0 Å². The molecule has 1 aromatic rings. The van der Waals surface area contributed by atoms with E-state index in [2.05, 4.69) is 6.58 Å². The molecule has 0 bridgehead atoms. The number of hydrogen-bond donors (Lipinski definition) is 1. The first-order chi connectivity index (χ1) is 4.34. The van der Waals surface area contributed by atoms with Gasteiger partial charge < -0.3 is 10.2 Å². The first-order valence-corrected chi connectivity index (χ1v) is 2.76. The van der Waals surface area contributed by atoms with E-state index in [4.69, 9.17) is 10.2 Å². The molecule has 1 rings (SSSR count). The van der Waals surface area contributed by atoms with Crippen LogP contribution in [-0.2, 0) is 6.42 Å². The lowest BCUT2D eigenvalue weighted by atomic mass is 10.2. The fourth-order valence-corrected chi connectivity index (χ4v) is 0.655. The van der Waals surface area contributed by atoms with Crippen LogP contribution in [0.3, 0.4) is 0 Å². The van der Waals surface area contributed by atoms with Crippen molar-refractivity contribution in [3.8, 4) is 0 Å². The molecule has 0 aliphatic carbocycles. The molecule has 9 heavy (non-hydrogen) atoms. The van der Waals surface area contributed by atoms with Crippen LogP contribution in [0.2, 0.25) is 0 Å². The zero-order chi connectivity index (χ0) is 6.69. The van der Waals surface area contributed by atoms with Crippen molar-refractivity contribution in [3.05, 3.63) is 30.7 Å². The average Bonchev–Trinajstić information content (AvgIpc) is 2.18. The molecular formula is C7H9NO. The van der Waals surface area contributed by atoms with Gasteiger partial charge in [0, 0.05) is 5.56 Å². The van der Waals surface area contributed by atoms with Gasteiger partial charge in [0.2, 0.25) is 0 Å². The Hall–Kier alpha value is -1.18. The molecule has 0 atom stereocenters. The van der Waals surface area contributed by atoms with Crippen LogP contribution in [-0.4, -0.2) is 0 Å². The fraction of sp³-hybridized carbons (Fsp3) is 0.143. The van der Waals surface area contributed by atoms with Crippen LogP contribution in [0.5, 0.6) is 0 Å². The summed E-state index contributed by atoms with van der Waals surface area (Å²) in [5.74, 6) is 0. The van der Waals surface area contributed by atoms with Gasteiger partial charge in [-0.15, -0.1) is 6.58 Å². The molecule has 0 aromatic carbocycles. The standard InChI is InChI=1S/C7H9NO/c1-2-3-6-4-9-5-7(6)8/h2,4-5H,1,3,8H2. The van der Waals surface area contributed by atoms with E-state index in [-0.39, 0.29) is 0 Å². The van der Waals surface area contributed by atoms with Crippen LogP contribution in [0.25, 0.3) is 0 Å². The third kappa shape index (κ3) is 1.13. The smallest absolute Gasteiger partial charge is 0.113 e. The SMILES string of the molecule is C=CCc1cocc1N. The predicted octanol–water partition coefficient (Wildman–Crippen LogP) is 1.59. The van der Waals surface area contributed by atoms with Crippen molar-refractivity contribution in [3.63, 3.8) is 0 Å². The third-order valence-electron chi connectivity index (χ3n) is 1.14. The number of anilines is 1. The molecule has 2 heteroatoms. The van der Waals surface area contributed by atoms with Crippen molar-refractivity contribution < 1.29 is 4.42 Å². The van der Waals surface area contributed by atoms with E-state index < -0.39 is 0 Å². The van der Waals surface area contributed by atoms with Crippen molar-refractivity contribution in [2.75, 3.05) is 5.73 Å². The summed E-state index contributed by atoms with van der Waals surface area (Å²) in [4.78, 5) is 0. The highest BCUT2D eigenvalue weighted by molar-refractivity contribution is 5.43. The second-order valence-electron chi connectivity index (χ2n) is 1.85. The van der Waals surface area contributed by atoms with E-state index in [1.165, 1.54) is 6.26 Å². The Balaban J connectivity index is 2.80. The fourth-order valence-electron chi connectivity index (χ4n) is 0.655. The van der Waals surface area contributed by atoms with Crippen molar-refractivity contribution in [1.82, 2.24) is 0 Å². The lowest BCUT2D eigenvalue weighted by Crippen LogP contribution is -1.86. The van der Waals surface area contributed by atoms with Gasteiger partial charge >= 0.3 is 0 Å². The van der Waals surface area contributed by atoms with Gasteiger partial charge in [-0.1, -0.05) is 6.08 Å². The summed E-state index contributed by atoms with van der Waals surface area (Å²) >= 11 is 0. The van der Waals surface area contributed by atoms with Gasteiger partial charge in [-0.25, -0.2) is 0 Å². The molecule has 1 aromatic heterocycles. The van der Waals surface area contributed by atoms with Crippen LogP contribution in [0.1, 0.15) is 5.56 Å². The average molecular weight is 123 g/mol. The van der Waals surface area contributed by atoms with Gasteiger partial charge in [0.15, 0.2) is 0 Å². The lowest BCUT2D eigenvalue weighted by molar-refractivity contribution is 0.565. The van der Waals surface area contributed by atoms with Crippen LogP contribution < -0.4 is 5.73 Å². The third-order valence-corrected chi connectivity index (χ3v) is 1.14. The number of nitrogen functional groups attached to an aromatic ring is 1. The van der Waals surface area contributed by atoms with Crippen molar-refractivity contribution in [2.24, 2.45) is 0 Å². The molecule has 0 aliphatic heterocycles. The summed E-state index contributed by atoms with van der Waals surface area (Å²) < 4.78 is 4.83. The minimum Gasteiger partial charge on any atom is -0.470 e. The van der Waals surface area contributed by atoms with Gasteiger partial charge in [0.1, 0.15) is 6.26 Å². The highest BCUT2D eigenvalue weighted by Crippen LogP contribution is 2.12. The molecule has 0 spiro atoms. The topological polar surface area (TPSA) is 39.2 Å². The Kier molecular flexibility index (Phi) is 1.58. The zero-order valence-electron chi connectivity index (χ0n) is 5.13. The van der Waals surface area contributed by atoms with Crippen molar-refractivity contribution in [2.45, 2.75) is 6.42 Å². The maximum atomic E-state index is 5.49. The molecule has 0 saturated carbocycles. The molecule has 0 amide bonds. The molecule has 0 unspecified atom stereocenters. The summed E-state index contributed by atoms with van der Waals surface area (Å²) in [6, 6.07) is 0. The highest BCUT2D eigenvalue weighted by Gasteiger charge is 1.96. The van der Waals surface area contributed by atoms with E-state index in [1.807, 2.05) is 0 Å². The molecule has 0 aliphatic rings. The number of rotatable bonds is 2. The molecule has 2 N–H and O–H groups in total. The molecule has 2 nitrogen and oxygen atoms in total. The summed E-state index contributed by atoms with van der Waals surface area (Å²) in [6.45, 7) is 3.58. The molecule has 0 fully saturated rings. The first-order valence-electron chi connectivity index (χ1n) is 2.76. The largest absolute Gasteiger partial charge is 0.470 e. The van der Waals surface area contributed by atoms with E-state index in [0.717, 1.165) is 12.0 Å². The van der Waals surface area contributed by atoms with Crippen molar-refractivity contribution in [1.29, 1.82) is 0 Å². The summed E-state index contributed by atoms with van der Waals surface area (Å²) in [5.41, 5.74) is 7.19. The van der Waals surface area contributed by atoms with E-state index in [0.29, 0.717) is 5.69 Å².